The second kappa shape index (κ2) is 10.0. The summed E-state index contributed by atoms with van der Waals surface area (Å²) >= 11 is 0. The normalized spacial score (nSPS) is 13.8. The minimum Gasteiger partial charge on any atom is -0.493 e. The number of esters is 2. The van der Waals surface area contributed by atoms with Gasteiger partial charge in [0.1, 0.15) is 12.4 Å². The number of ether oxygens (including phenoxy) is 3. The fraction of sp³-hybridized carbons (Fsp3) is 0.316. The molecule has 0 bridgehead atoms. The molecule has 2 N–H and O–H groups in total. The molecule has 0 aliphatic carbocycles. The van der Waals surface area contributed by atoms with E-state index in [-0.39, 0.29) is 31.0 Å². The van der Waals surface area contributed by atoms with Crippen LogP contribution in [0, 0.1) is 0 Å². The highest BCUT2D eigenvalue weighted by atomic mass is 16.5. The van der Waals surface area contributed by atoms with Gasteiger partial charge in [-0.25, -0.2) is 14.4 Å². The lowest BCUT2D eigenvalue weighted by Crippen LogP contribution is -2.45. The number of carbonyl (C=O) groups is 3. The van der Waals surface area contributed by atoms with Crippen LogP contribution in [-0.4, -0.2) is 44.3 Å². The number of hydrogen-bond acceptors (Lipinski definition) is 6. The van der Waals surface area contributed by atoms with Crippen LogP contribution in [0.4, 0.5) is 4.79 Å². The van der Waals surface area contributed by atoms with Crippen LogP contribution in [0.5, 0.6) is 5.75 Å². The van der Waals surface area contributed by atoms with E-state index in [9.17, 15) is 14.4 Å². The van der Waals surface area contributed by atoms with Crippen molar-refractivity contribution in [1.29, 1.82) is 0 Å². The second-order valence-electron chi connectivity index (χ2n) is 5.40. The Bertz CT molecular complexity index is 769. The molecular formula is C19H22N2O6. The Hall–Kier alpha value is -3.29. The molecule has 1 heterocycles. The number of urea groups is 1. The first-order chi connectivity index (χ1) is 13.0. The maximum Gasteiger partial charge on any atom is 0.337 e. The highest BCUT2D eigenvalue weighted by Crippen LogP contribution is 2.19. The van der Waals surface area contributed by atoms with Gasteiger partial charge in [-0.1, -0.05) is 18.2 Å². The maximum atomic E-state index is 12.0. The Morgan fingerprint density at radius 3 is 2.67 bits per heavy atom. The Morgan fingerprint density at radius 1 is 1.15 bits per heavy atom. The first kappa shape index (κ1) is 20.0. The van der Waals surface area contributed by atoms with Crippen LogP contribution in [0.15, 0.2) is 41.6 Å². The Morgan fingerprint density at radius 2 is 1.93 bits per heavy atom. The van der Waals surface area contributed by atoms with Crippen molar-refractivity contribution in [3.8, 4) is 5.75 Å². The lowest BCUT2D eigenvalue weighted by atomic mass is 10.1. The highest BCUT2D eigenvalue weighted by Gasteiger charge is 2.24. The third-order valence-electron chi connectivity index (χ3n) is 3.55. The van der Waals surface area contributed by atoms with E-state index >= 15 is 0 Å². The Kier molecular flexibility index (Phi) is 7.42. The number of amides is 2. The van der Waals surface area contributed by atoms with Gasteiger partial charge in [-0.15, -0.1) is 0 Å². The van der Waals surface area contributed by atoms with Crippen molar-refractivity contribution in [2.75, 3.05) is 26.4 Å². The third kappa shape index (κ3) is 5.88. The van der Waals surface area contributed by atoms with Crippen molar-refractivity contribution in [2.24, 2.45) is 0 Å². The summed E-state index contributed by atoms with van der Waals surface area (Å²) in [6.07, 6.45) is 2.83. The van der Waals surface area contributed by atoms with Crippen molar-refractivity contribution < 1.29 is 28.6 Å². The molecule has 144 valence electrons. The van der Waals surface area contributed by atoms with E-state index in [2.05, 4.69) is 10.6 Å². The monoisotopic (exact) mass is 374 g/mol. The Balaban J connectivity index is 2.02. The first-order valence-electron chi connectivity index (χ1n) is 8.55. The fourth-order valence-corrected chi connectivity index (χ4v) is 2.32. The van der Waals surface area contributed by atoms with Gasteiger partial charge in [0.25, 0.3) is 0 Å². The van der Waals surface area contributed by atoms with Crippen molar-refractivity contribution in [1.82, 2.24) is 10.6 Å². The minimum absolute atomic E-state index is 0.00905. The molecule has 1 aliphatic rings. The van der Waals surface area contributed by atoms with Gasteiger partial charge in [0, 0.05) is 11.6 Å². The largest absolute Gasteiger partial charge is 0.493 e. The van der Waals surface area contributed by atoms with Crippen LogP contribution in [-0.2, 0) is 19.1 Å². The van der Waals surface area contributed by atoms with Crippen LogP contribution in [0.2, 0.25) is 0 Å². The van der Waals surface area contributed by atoms with E-state index in [1.54, 1.807) is 19.1 Å². The molecule has 1 aliphatic heterocycles. The number of benzene rings is 1. The molecule has 0 saturated heterocycles. The standard InChI is InChI=1S/C19H22N2O6/c1-3-25-16-8-6-5-7-13(16)9-10-17(22)27-12-15-14(18(23)26-4-2)11-20-19(24)21-15/h5-10H,3-4,11-12H2,1-2H3,(H2,20,21,24)/b10-9+. The van der Waals surface area contributed by atoms with Crippen molar-refractivity contribution in [3.05, 3.63) is 47.2 Å². The molecule has 2 rings (SSSR count). The summed E-state index contributed by atoms with van der Waals surface area (Å²) in [4.78, 5) is 35.4. The van der Waals surface area contributed by atoms with E-state index < -0.39 is 18.0 Å². The maximum absolute atomic E-state index is 12.0. The molecule has 0 saturated carbocycles. The molecular weight excluding hydrogens is 352 g/mol. The van der Waals surface area contributed by atoms with Crippen LogP contribution in [0.1, 0.15) is 19.4 Å². The van der Waals surface area contributed by atoms with Gasteiger partial charge >= 0.3 is 18.0 Å². The van der Waals surface area contributed by atoms with Gasteiger partial charge in [0.05, 0.1) is 31.0 Å². The van der Waals surface area contributed by atoms with E-state index in [4.69, 9.17) is 14.2 Å². The van der Waals surface area contributed by atoms with E-state index in [1.165, 1.54) is 6.08 Å². The molecule has 1 aromatic carbocycles. The number of para-hydroxylation sites is 1. The summed E-state index contributed by atoms with van der Waals surface area (Å²) in [6.45, 7) is 4.01. The highest BCUT2D eigenvalue weighted by molar-refractivity contribution is 5.94. The second-order valence-corrected chi connectivity index (χ2v) is 5.40. The van der Waals surface area contributed by atoms with E-state index in [0.29, 0.717) is 12.4 Å². The van der Waals surface area contributed by atoms with Crippen molar-refractivity contribution >= 4 is 24.0 Å². The summed E-state index contributed by atoms with van der Waals surface area (Å²) in [5, 5.41) is 4.94. The van der Waals surface area contributed by atoms with Crippen LogP contribution >= 0.6 is 0 Å². The number of carbonyl (C=O) groups excluding carboxylic acids is 3. The van der Waals surface area contributed by atoms with Gasteiger partial charge in [-0.2, -0.15) is 0 Å². The Labute approximate surface area is 157 Å². The van der Waals surface area contributed by atoms with Crippen LogP contribution < -0.4 is 15.4 Å². The lowest BCUT2D eigenvalue weighted by Gasteiger charge is -2.20. The topological polar surface area (TPSA) is 103 Å². The third-order valence-corrected chi connectivity index (χ3v) is 3.55. The summed E-state index contributed by atoms with van der Waals surface area (Å²) in [7, 11) is 0. The zero-order valence-corrected chi connectivity index (χ0v) is 15.2. The van der Waals surface area contributed by atoms with Crippen molar-refractivity contribution in [2.45, 2.75) is 13.8 Å². The molecule has 0 atom stereocenters. The van der Waals surface area contributed by atoms with Gasteiger partial charge in [-0.3, -0.25) is 0 Å². The average molecular weight is 374 g/mol. The number of nitrogens with one attached hydrogen (secondary N) is 2. The molecule has 1 aromatic rings. The molecule has 8 heteroatoms. The first-order valence-corrected chi connectivity index (χ1v) is 8.55. The van der Waals surface area contributed by atoms with Gasteiger partial charge in [0.2, 0.25) is 0 Å². The fourth-order valence-electron chi connectivity index (χ4n) is 2.32. The molecule has 8 nitrogen and oxygen atoms in total. The van der Waals surface area contributed by atoms with Crippen LogP contribution in [0.3, 0.4) is 0 Å². The van der Waals surface area contributed by atoms with E-state index in [0.717, 1.165) is 5.56 Å². The zero-order valence-electron chi connectivity index (χ0n) is 15.2. The summed E-state index contributed by atoms with van der Waals surface area (Å²) in [5.41, 5.74) is 1.15. The lowest BCUT2D eigenvalue weighted by molar-refractivity contribution is -0.140. The van der Waals surface area contributed by atoms with Crippen LogP contribution in [0.25, 0.3) is 6.08 Å². The quantitative estimate of drug-likeness (QED) is 0.531. The molecule has 0 radical (unpaired) electrons. The van der Waals surface area contributed by atoms with Gasteiger partial charge in [0.15, 0.2) is 0 Å². The SMILES string of the molecule is CCOC(=O)C1=C(COC(=O)/C=C/c2ccccc2OCC)NC(=O)NC1. The minimum atomic E-state index is -0.621. The molecule has 2 amide bonds. The summed E-state index contributed by atoms with van der Waals surface area (Å²) in [6, 6.07) is 6.80. The van der Waals surface area contributed by atoms with Gasteiger partial charge in [-0.05, 0) is 26.0 Å². The zero-order chi connectivity index (χ0) is 19.6. The molecule has 0 spiro atoms. The molecule has 0 unspecified atom stereocenters. The van der Waals surface area contributed by atoms with Crippen molar-refractivity contribution in [3.63, 3.8) is 0 Å². The van der Waals surface area contributed by atoms with E-state index in [1.807, 2.05) is 25.1 Å². The number of rotatable bonds is 8. The number of hydrogen-bond donors (Lipinski definition) is 2. The summed E-state index contributed by atoms with van der Waals surface area (Å²) in [5.74, 6) is -0.538. The predicted octanol–water partition coefficient (Wildman–Crippen LogP) is 1.77. The van der Waals surface area contributed by atoms with Gasteiger partial charge < -0.3 is 24.8 Å². The smallest absolute Gasteiger partial charge is 0.337 e. The summed E-state index contributed by atoms with van der Waals surface area (Å²) < 4.78 is 15.6. The average Bonchev–Trinajstić information content (AvgIpc) is 2.66. The predicted molar refractivity (Wildman–Crippen MR) is 97.8 cm³/mol. The molecule has 0 aromatic heterocycles. The molecule has 0 fully saturated rings. The molecule has 27 heavy (non-hydrogen) atoms.